The van der Waals surface area contributed by atoms with E-state index in [9.17, 15) is 9.59 Å². The first-order valence-corrected chi connectivity index (χ1v) is 7.85. The van der Waals surface area contributed by atoms with Crippen LogP contribution in [0.5, 0.6) is 0 Å². The van der Waals surface area contributed by atoms with E-state index in [4.69, 9.17) is 9.84 Å². The molecule has 1 aromatic rings. The first-order chi connectivity index (χ1) is 10.6. The third-order valence-corrected chi connectivity index (χ3v) is 4.04. The lowest BCUT2D eigenvalue weighted by atomic mass is 10.1. The van der Waals surface area contributed by atoms with Gasteiger partial charge in [0.1, 0.15) is 6.10 Å². The molecule has 1 amide bonds. The molecule has 23 heavy (non-hydrogen) atoms. The number of hydrogen-bond acceptors (Lipinski definition) is 4. The Bertz CT molecular complexity index is 603. The van der Waals surface area contributed by atoms with Crippen LogP contribution in [-0.4, -0.2) is 39.0 Å². The molecule has 1 unspecified atom stereocenters. The highest BCUT2D eigenvalue weighted by atomic mass is 16.5. The third kappa shape index (κ3) is 3.90. The van der Waals surface area contributed by atoms with E-state index in [0.717, 1.165) is 11.3 Å². The molecule has 2 rings (SSSR count). The number of carboxylic acids is 1. The van der Waals surface area contributed by atoms with E-state index in [2.05, 4.69) is 31.2 Å². The number of ether oxygens (including phenoxy) is 1. The lowest BCUT2D eigenvalue weighted by Gasteiger charge is -2.19. The van der Waals surface area contributed by atoms with Gasteiger partial charge in [-0.15, -0.1) is 0 Å². The Morgan fingerprint density at radius 2 is 2.00 bits per heavy atom. The Kier molecular flexibility index (Phi) is 4.79. The maximum atomic E-state index is 12.3. The van der Waals surface area contributed by atoms with Gasteiger partial charge in [-0.25, -0.2) is 4.79 Å². The highest BCUT2D eigenvalue weighted by molar-refractivity contribution is 5.83. The molecule has 3 atom stereocenters. The highest BCUT2D eigenvalue weighted by Crippen LogP contribution is 2.23. The maximum Gasteiger partial charge on any atom is 0.332 e. The van der Waals surface area contributed by atoms with Gasteiger partial charge in [0.2, 0.25) is 5.91 Å². The zero-order chi connectivity index (χ0) is 17.4. The molecular weight excluding hydrogens is 298 g/mol. The minimum atomic E-state index is -1.02. The van der Waals surface area contributed by atoms with Crippen molar-refractivity contribution in [2.45, 2.75) is 71.2 Å². The Morgan fingerprint density at radius 1 is 1.39 bits per heavy atom. The normalized spacial score (nSPS) is 22.8. The number of aryl methyl sites for hydroxylation is 1. The topological polar surface area (TPSA) is 93.5 Å². The van der Waals surface area contributed by atoms with Crippen molar-refractivity contribution in [2.24, 2.45) is 0 Å². The van der Waals surface area contributed by atoms with Crippen molar-refractivity contribution in [1.29, 1.82) is 0 Å². The predicted molar refractivity (Wildman–Crippen MR) is 84.0 cm³/mol. The monoisotopic (exact) mass is 323 g/mol. The van der Waals surface area contributed by atoms with Crippen LogP contribution in [0.2, 0.25) is 0 Å². The van der Waals surface area contributed by atoms with Crippen LogP contribution >= 0.6 is 0 Å². The minimum Gasteiger partial charge on any atom is -0.479 e. The van der Waals surface area contributed by atoms with Crippen LogP contribution in [0.15, 0.2) is 6.20 Å². The van der Waals surface area contributed by atoms with Gasteiger partial charge in [0.25, 0.3) is 0 Å². The van der Waals surface area contributed by atoms with E-state index in [1.807, 2.05) is 24.7 Å². The van der Waals surface area contributed by atoms with Gasteiger partial charge in [-0.2, -0.15) is 5.10 Å². The lowest BCUT2D eigenvalue weighted by molar-refractivity contribution is -0.151. The largest absolute Gasteiger partial charge is 0.479 e. The summed E-state index contributed by atoms with van der Waals surface area (Å²) < 4.78 is 7.16. The van der Waals surface area contributed by atoms with Crippen LogP contribution in [0.1, 0.15) is 57.8 Å². The predicted octanol–water partition coefficient (Wildman–Crippen LogP) is 1.76. The number of carboxylic acid groups (broad SMARTS) is 1. The van der Waals surface area contributed by atoms with Gasteiger partial charge >= 0.3 is 5.97 Å². The summed E-state index contributed by atoms with van der Waals surface area (Å²) in [6, 6.07) is -0.217. The molecule has 7 nitrogen and oxygen atoms in total. The molecule has 0 saturated carbocycles. The fourth-order valence-electron chi connectivity index (χ4n) is 2.64. The lowest BCUT2D eigenvalue weighted by Crippen LogP contribution is -2.37. The van der Waals surface area contributed by atoms with Crippen molar-refractivity contribution in [2.75, 3.05) is 0 Å². The van der Waals surface area contributed by atoms with Crippen molar-refractivity contribution in [1.82, 2.24) is 15.1 Å². The Morgan fingerprint density at radius 3 is 2.48 bits per heavy atom. The van der Waals surface area contributed by atoms with E-state index in [-0.39, 0.29) is 17.5 Å². The van der Waals surface area contributed by atoms with Crippen LogP contribution in [0.4, 0.5) is 0 Å². The molecule has 2 heterocycles. The summed E-state index contributed by atoms with van der Waals surface area (Å²) in [5.74, 6) is -1.29. The molecule has 7 heteroatoms. The summed E-state index contributed by atoms with van der Waals surface area (Å²) in [6.45, 7) is 9.98. The van der Waals surface area contributed by atoms with Gasteiger partial charge in [-0.3, -0.25) is 9.48 Å². The second-order valence-corrected chi connectivity index (χ2v) is 7.04. The van der Waals surface area contributed by atoms with Gasteiger partial charge in [-0.1, -0.05) is 0 Å². The Labute approximate surface area is 136 Å². The van der Waals surface area contributed by atoms with Crippen molar-refractivity contribution >= 4 is 11.9 Å². The second-order valence-electron chi connectivity index (χ2n) is 7.04. The van der Waals surface area contributed by atoms with Crippen molar-refractivity contribution in [3.8, 4) is 0 Å². The number of rotatable bonds is 4. The number of amides is 1. The number of nitrogens with zero attached hydrogens (tertiary/aromatic N) is 2. The number of aromatic nitrogens is 2. The maximum absolute atomic E-state index is 12.3. The fourth-order valence-corrected chi connectivity index (χ4v) is 2.64. The van der Waals surface area contributed by atoms with Crippen LogP contribution in [0.3, 0.4) is 0 Å². The van der Waals surface area contributed by atoms with Crippen molar-refractivity contribution in [3.63, 3.8) is 0 Å². The smallest absolute Gasteiger partial charge is 0.332 e. The van der Waals surface area contributed by atoms with Gasteiger partial charge in [0.15, 0.2) is 6.10 Å². The van der Waals surface area contributed by atoms with Gasteiger partial charge < -0.3 is 15.2 Å². The molecule has 2 N–H and O–H groups in total. The second kappa shape index (κ2) is 6.31. The van der Waals surface area contributed by atoms with E-state index >= 15 is 0 Å². The molecule has 128 valence electrons. The number of carbonyl (C=O) groups excluding carboxylic acids is 1. The Balaban J connectivity index is 2.02. The average Bonchev–Trinajstić information content (AvgIpc) is 3.04. The molecule has 0 bridgehead atoms. The van der Waals surface area contributed by atoms with Gasteiger partial charge in [-0.05, 0) is 47.5 Å². The first-order valence-electron chi connectivity index (χ1n) is 7.85. The molecular formula is C16H25N3O4. The van der Waals surface area contributed by atoms with E-state index in [1.165, 1.54) is 0 Å². The fraction of sp³-hybridized carbons (Fsp3) is 0.688. The number of hydrogen-bond donors (Lipinski definition) is 2. The van der Waals surface area contributed by atoms with Crippen LogP contribution < -0.4 is 5.32 Å². The SMILES string of the molecule is Cc1nn(C(C)(C)C)cc1C(C)NC(=O)[C@@H]1CC[C@H](C(=O)O)O1. The van der Waals surface area contributed by atoms with Crippen LogP contribution in [-0.2, 0) is 19.9 Å². The molecule has 1 aromatic heterocycles. The van der Waals surface area contributed by atoms with E-state index in [1.54, 1.807) is 0 Å². The summed E-state index contributed by atoms with van der Waals surface area (Å²) in [5.41, 5.74) is 1.68. The van der Waals surface area contributed by atoms with E-state index < -0.39 is 18.2 Å². The van der Waals surface area contributed by atoms with Crippen molar-refractivity contribution in [3.05, 3.63) is 17.5 Å². The summed E-state index contributed by atoms with van der Waals surface area (Å²) in [5, 5.41) is 16.3. The molecule has 0 aliphatic carbocycles. The molecule has 1 aliphatic heterocycles. The molecule has 1 fully saturated rings. The summed E-state index contributed by atoms with van der Waals surface area (Å²) in [7, 11) is 0. The van der Waals surface area contributed by atoms with E-state index in [0.29, 0.717) is 12.8 Å². The summed E-state index contributed by atoms with van der Waals surface area (Å²) in [6.07, 6.45) is 1.15. The quantitative estimate of drug-likeness (QED) is 0.880. The molecule has 0 aromatic carbocycles. The van der Waals surface area contributed by atoms with Crippen LogP contribution in [0, 0.1) is 6.92 Å². The standard InChI is InChI=1S/C16H25N3O4/c1-9(11-8-19(16(3,4)5)18-10(11)2)17-14(20)12-6-7-13(23-12)15(21)22/h8-9,12-13H,6-7H2,1-5H3,(H,17,20)(H,21,22)/t9?,12-,13+/m0/s1. The third-order valence-electron chi connectivity index (χ3n) is 4.04. The molecule has 1 aliphatic rings. The number of nitrogens with one attached hydrogen (secondary N) is 1. The number of carbonyl (C=O) groups is 2. The average molecular weight is 323 g/mol. The Hall–Kier alpha value is -1.89. The highest BCUT2D eigenvalue weighted by Gasteiger charge is 2.35. The molecule has 0 radical (unpaired) electrons. The first kappa shape index (κ1) is 17.5. The van der Waals surface area contributed by atoms with Crippen molar-refractivity contribution < 1.29 is 19.4 Å². The molecule has 1 saturated heterocycles. The van der Waals surface area contributed by atoms with Crippen LogP contribution in [0.25, 0.3) is 0 Å². The molecule has 0 spiro atoms. The van der Waals surface area contributed by atoms with Gasteiger partial charge in [0, 0.05) is 11.8 Å². The van der Waals surface area contributed by atoms with Gasteiger partial charge in [0.05, 0.1) is 17.3 Å². The summed E-state index contributed by atoms with van der Waals surface area (Å²) in [4.78, 5) is 23.1. The zero-order valence-electron chi connectivity index (χ0n) is 14.3. The summed E-state index contributed by atoms with van der Waals surface area (Å²) >= 11 is 0. The minimum absolute atomic E-state index is 0.129. The zero-order valence-corrected chi connectivity index (χ0v) is 14.3. The number of aliphatic carboxylic acids is 1.